The van der Waals surface area contributed by atoms with Gasteiger partial charge in [0.15, 0.2) is 0 Å². The smallest absolute Gasteiger partial charge is 0.415 e. The first kappa shape index (κ1) is 27.6. The number of anilines is 3. The van der Waals surface area contributed by atoms with Crippen LogP contribution in [0, 0.1) is 18.7 Å². The molecule has 6 rings (SSSR count). The molecule has 2 aromatic heterocycles. The number of nitrogens with one attached hydrogen (secondary N) is 1. The molecule has 4 heterocycles. The lowest BCUT2D eigenvalue weighted by Gasteiger charge is -2.25. The quantitative estimate of drug-likeness (QED) is 0.282. The first-order valence-corrected chi connectivity index (χ1v) is 14.6. The molecule has 1 N–H and O–H groups in total. The van der Waals surface area contributed by atoms with Gasteiger partial charge in [-0.05, 0) is 60.7 Å². The highest BCUT2D eigenvalue weighted by molar-refractivity contribution is 7.17. The molecule has 2 aromatic carbocycles. The van der Waals surface area contributed by atoms with Crippen LogP contribution in [-0.2, 0) is 11.2 Å². The monoisotopic (exact) mass is 584 g/mol. The summed E-state index contributed by atoms with van der Waals surface area (Å²) in [5.74, 6) is -0.629. The van der Waals surface area contributed by atoms with E-state index in [1.807, 2.05) is 44.2 Å². The molecule has 0 unspecified atom stereocenters. The molecular weight excluding hydrogens is 555 g/mol. The minimum atomic E-state index is -0.486. The molecule has 0 bridgehead atoms. The fourth-order valence-electron chi connectivity index (χ4n) is 5.39. The van der Waals surface area contributed by atoms with Gasteiger partial charge in [-0.15, -0.1) is 11.3 Å². The number of ether oxygens (including phenoxy) is 1. The predicted octanol–water partition coefficient (Wildman–Crippen LogP) is 6.69. The van der Waals surface area contributed by atoms with Crippen molar-refractivity contribution in [2.24, 2.45) is 5.92 Å². The summed E-state index contributed by atoms with van der Waals surface area (Å²) in [7, 11) is 0. The summed E-state index contributed by atoms with van der Waals surface area (Å²) >= 11 is 1.32. The zero-order valence-electron chi connectivity index (χ0n) is 23.4. The molecule has 1 atom stereocenters. The van der Waals surface area contributed by atoms with E-state index in [1.54, 1.807) is 42.2 Å². The van der Waals surface area contributed by atoms with E-state index < -0.39 is 11.9 Å². The number of carbonyl (C=O) groups excluding carboxylic acids is 3. The summed E-state index contributed by atoms with van der Waals surface area (Å²) in [6.45, 7) is 6.40. The van der Waals surface area contributed by atoms with Gasteiger partial charge in [0, 0.05) is 17.0 Å². The summed E-state index contributed by atoms with van der Waals surface area (Å²) in [5, 5.41) is 2.72. The van der Waals surface area contributed by atoms with Crippen molar-refractivity contribution in [2.75, 3.05) is 28.3 Å². The zero-order valence-corrected chi connectivity index (χ0v) is 24.2. The van der Waals surface area contributed by atoms with Gasteiger partial charge < -0.3 is 15.0 Å². The van der Waals surface area contributed by atoms with Gasteiger partial charge in [-0.1, -0.05) is 50.2 Å². The van der Waals surface area contributed by atoms with Gasteiger partial charge in [0.25, 0.3) is 11.8 Å². The van der Waals surface area contributed by atoms with E-state index in [2.05, 4.69) is 10.3 Å². The van der Waals surface area contributed by atoms with E-state index in [0.717, 1.165) is 16.0 Å². The molecule has 0 saturated carbocycles. The number of aromatic nitrogens is 1. The Morgan fingerprint density at radius 2 is 1.88 bits per heavy atom. The second kappa shape index (κ2) is 11.0. The Bertz CT molecular complexity index is 1700. The highest BCUT2D eigenvalue weighted by Gasteiger charge is 2.37. The van der Waals surface area contributed by atoms with E-state index in [9.17, 15) is 18.8 Å². The van der Waals surface area contributed by atoms with Gasteiger partial charge >= 0.3 is 6.09 Å². The van der Waals surface area contributed by atoms with Crippen molar-refractivity contribution < 1.29 is 23.5 Å². The third kappa shape index (κ3) is 4.92. The van der Waals surface area contributed by atoms with Crippen LogP contribution in [0.4, 0.5) is 26.4 Å². The second-order valence-electron chi connectivity index (χ2n) is 10.7. The Labute approximate surface area is 246 Å². The Morgan fingerprint density at radius 3 is 2.67 bits per heavy atom. The Balaban J connectivity index is 1.30. The first-order valence-electron chi connectivity index (χ1n) is 13.8. The number of carbonyl (C=O) groups is 3. The van der Waals surface area contributed by atoms with E-state index in [4.69, 9.17) is 4.74 Å². The van der Waals surface area contributed by atoms with Crippen LogP contribution < -0.4 is 15.1 Å². The number of nitrogens with zero attached hydrogens (tertiary/aromatic N) is 3. The van der Waals surface area contributed by atoms with Crippen molar-refractivity contribution in [3.63, 3.8) is 0 Å². The number of para-hydroxylation sites is 2. The van der Waals surface area contributed by atoms with Gasteiger partial charge in [-0.2, -0.15) is 0 Å². The van der Waals surface area contributed by atoms with E-state index in [-0.39, 0.29) is 41.8 Å². The molecule has 2 aliphatic rings. The molecule has 1 saturated heterocycles. The summed E-state index contributed by atoms with van der Waals surface area (Å²) in [4.78, 5) is 48.7. The normalized spacial score (nSPS) is 16.1. The van der Waals surface area contributed by atoms with Crippen LogP contribution in [-0.4, -0.2) is 42.1 Å². The summed E-state index contributed by atoms with van der Waals surface area (Å²) in [6.07, 6.45) is 0.0339. The molecular formula is C32H29FN4O4S. The highest BCUT2D eigenvalue weighted by atomic mass is 32.1. The molecule has 0 radical (unpaired) electrons. The minimum Gasteiger partial charge on any atom is -0.447 e. The molecule has 10 heteroatoms. The number of hydrogen-bond acceptors (Lipinski definition) is 6. The van der Waals surface area contributed by atoms with Crippen LogP contribution in [0.2, 0.25) is 0 Å². The average molecular weight is 585 g/mol. The number of benzene rings is 2. The molecule has 3 amide bonds. The summed E-state index contributed by atoms with van der Waals surface area (Å²) in [5.41, 5.74) is 3.48. The lowest BCUT2D eigenvalue weighted by Crippen LogP contribution is -2.38. The number of amides is 3. The standard InChI is InChI=1S/C32H29FN4O4S/c1-18(2)25-17-41-32(40)37(25)27-13-7-11-23(34-27)31(39)36-15-14-20-16-26(42-29(20)21-9-4-5-12-24(21)36)30(38)35-28-19(3)8-6-10-22(28)33/h4-13,16,18,25H,14-15,17H2,1-3H3,(H,35,38)/t25-/m1/s1. The van der Waals surface area contributed by atoms with Crippen LogP contribution in [0.3, 0.4) is 0 Å². The molecule has 0 aliphatic carbocycles. The molecule has 1 fully saturated rings. The molecule has 42 heavy (non-hydrogen) atoms. The van der Waals surface area contributed by atoms with Crippen molar-refractivity contribution in [3.8, 4) is 10.4 Å². The zero-order chi connectivity index (χ0) is 29.5. The number of aryl methyl sites for hydroxylation is 1. The number of hydrogen-bond donors (Lipinski definition) is 1. The van der Waals surface area contributed by atoms with Crippen LogP contribution in [0.25, 0.3) is 10.4 Å². The molecule has 8 nitrogen and oxygen atoms in total. The van der Waals surface area contributed by atoms with Gasteiger partial charge in [0.2, 0.25) is 0 Å². The van der Waals surface area contributed by atoms with Crippen molar-refractivity contribution >= 4 is 46.4 Å². The Morgan fingerprint density at radius 1 is 1.10 bits per heavy atom. The van der Waals surface area contributed by atoms with Crippen molar-refractivity contribution in [1.82, 2.24) is 4.98 Å². The summed E-state index contributed by atoms with van der Waals surface area (Å²) in [6, 6.07) is 19.0. The molecule has 4 aromatic rings. The number of cyclic esters (lactones) is 1. The maximum absolute atomic E-state index is 14.4. The topological polar surface area (TPSA) is 91.8 Å². The van der Waals surface area contributed by atoms with Crippen molar-refractivity contribution in [2.45, 2.75) is 33.2 Å². The van der Waals surface area contributed by atoms with Gasteiger partial charge in [0.1, 0.15) is 23.9 Å². The van der Waals surface area contributed by atoms with Gasteiger partial charge in [-0.3, -0.25) is 14.5 Å². The number of halogens is 1. The van der Waals surface area contributed by atoms with Crippen molar-refractivity contribution in [3.05, 3.63) is 94.2 Å². The van der Waals surface area contributed by atoms with E-state index >= 15 is 0 Å². The number of pyridine rings is 1. The van der Waals surface area contributed by atoms with Gasteiger partial charge in [0.05, 0.1) is 22.3 Å². The van der Waals surface area contributed by atoms with E-state index in [1.165, 1.54) is 22.3 Å². The van der Waals surface area contributed by atoms with Crippen LogP contribution >= 0.6 is 11.3 Å². The van der Waals surface area contributed by atoms with E-state index in [0.29, 0.717) is 34.9 Å². The van der Waals surface area contributed by atoms with Crippen molar-refractivity contribution in [1.29, 1.82) is 0 Å². The molecule has 214 valence electrons. The average Bonchev–Trinajstić information content (AvgIpc) is 3.55. The van der Waals surface area contributed by atoms with Crippen LogP contribution in [0.5, 0.6) is 0 Å². The maximum Gasteiger partial charge on any atom is 0.415 e. The lowest BCUT2D eigenvalue weighted by atomic mass is 10.0. The number of thiophene rings is 1. The number of rotatable bonds is 5. The first-order chi connectivity index (χ1) is 20.2. The largest absolute Gasteiger partial charge is 0.447 e. The second-order valence-corrected chi connectivity index (χ2v) is 11.8. The SMILES string of the molecule is Cc1cccc(F)c1NC(=O)c1cc2c(s1)-c1ccccc1N(C(=O)c1cccc(N3C(=O)OC[C@@H]3C(C)C)n1)CC2. The fourth-order valence-corrected chi connectivity index (χ4v) is 6.53. The number of fused-ring (bicyclic) bond motifs is 3. The molecule has 2 aliphatic heterocycles. The summed E-state index contributed by atoms with van der Waals surface area (Å²) < 4.78 is 19.6. The minimum absolute atomic E-state index is 0.150. The Hall–Kier alpha value is -4.57. The maximum atomic E-state index is 14.4. The Kier molecular flexibility index (Phi) is 7.24. The van der Waals surface area contributed by atoms with Gasteiger partial charge in [-0.25, -0.2) is 14.2 Å². The predicted molar refractivity (Wildman–Crippen MR) is 161 cm³/mol. The highest BCUT2D eigenvalue weighted by Crippen LogP contribution is 2.42. The molecule has 0 spiro atoms. The van der Waals surface area contributed by atoms with Crippen LogP contribution in [0.15, 0.2) is 66.7 Å². The fraction of sp³-hybridized carbons (Fsp3) is 0.250. The third-order valence-electron chi connectivity index (χ3n) is 7.66. The lowest BCUT2D eigenvalue weighted by molar-refractivity contribution is 0.0981. The third-order valence-corrected chi connectivity index (χ3v) is 8.87. The van der Waals surface area contributed by atoms with Crippen LogP contribution in [0.1, 0.15) is 45.1 Å².